The van der Waals surface area contributed by atoms with Crippen molar-refractivity contribution in [3.05, 3.63) is 47.6 Å². The maximum atomic E-state index is 11.8. The number of hydrogen-bond donors (Lipinski definition) is 1. The van der Waals surface area contributed by atoms with Gasteiger partial charge in [-0.25, -0.2) is 4.98 Å². The highest BCUT2D eigenvalue weighted by Gasteiger charge is 2.10. The van der Waals surface area contributed by atoms with E-state index in [2.05, 4.69) is 10.3 Å². The molecule has 0 spiro atoms. The lowest BCUT2D eigenvalue weighted by Crippen LogP contribution is -2.29. The number of rotatable bonds is 5. The Morgan fingerprint density at radius 1 is 1.47 bits per heavy atom. The van der Waals surface area contributed by atoms with Crippen molar-refractivity contribution in [3.8, 4) is 0 Å². The molecule has 2 aromatic rings. The second kappa shape index (κ2) is 6.36. The van der Waals surface area contributed by atoms with Crippen molar-refractivity contribution in [2.45, 2.75) is 6.54 Å². The Labute approximate surface area is 116 Å². The van der Waals surface area contributed by atoms with Gasteiger partial charge in [-0.3, -0.25) is 9.69 Å². The summed E-state index contributed by atoms with van der Waals surface area (Å²) in [6, 6.07) is 7.11. The summed E-state index contributed by atoms with van der Waals surface area (Å²) in [7, 11) is 1.84. The van der Waals surface area contributed by atoms with Gasteiger partial charge < -0.3 is 9.73 Å². The molecule has 0 unspecified atom stereocenters. The van der Waals surface area contributed by atoms with Gasteiger partial charge in [0.25, 0.3) is 0 Å². The first kappa shape index (κ1) is 13.6. The minimum Gasteiger partial charge on any atom is -0.468 e. The average molecular weight is 280 g/mol. The third kappa shape index (κ3) is 4.08. The largest absolute Gasteiger partial charge is 0.468 e. The van der Waals surface area contributed by atoms with Crippen LogP contribution in [0.4, 0.5) is 5.69 Å². The zero-order valence-electron chi connectivity index (χ0n) is 10.5. The molecule has 100 valence electrons. The van der Waals surface area contributed by atoms with Crippen LogP contribution in [-0.4, -0.2) is 29.4 Å². The van der Waals surface area contributed by atoms with E-state index < -0.39 is 0 Å². The summed E-state index contributed by atoms with van der Waals surface area (Å²) in [5, 5.41) is 3.00. The summed E-state index contributed by atoms with van der Waals surface area (Å²) in [4.78, 5) is 17.6. The molecule has 0 aliphatic heterocycles. The number of carbonyl (C=O) groups excluding carboxylic acids is 1. The van der Waals surface area contributed by atoms with Crippen LogP contribution >= 0.6 is 11.6 Å². The van der Waals surface area contributed by atoms with Crippen LogP contribution in [0.2, 0.25) is 5.15 Å². The van der Waals surface area contributed by atoms with Crippen LogP contribution in [0.3, 0.4) is 0 Å². The standard InChI is InChI=1S/C13H14ClN3O2/c1-17(8-10-4-3-7-19-10)9-12(18)16-11-5-2-6-15-13(11)14/h2-7H,8-9H2,1H3,(H,16,18). The zero-order chi connectivity index (χ0) is 13.7. The first-order valence-corrected chi connectivity index (χ1v) is 6.14. The number of carbonyl (C=O) groups is 1. The van der Waals surface area contributed by atoms with E-state index in [1.807, 2.05) is 24.1 Å². The van der Waals surface area contributed by atoms with Gasteiger partial charge in [0.1, 0.15) is 5.76 Å². The Morgan fingerprint density at radius 2 is 2.32 bits per heavy atom. The van der Waals surface area contributed by atoms with E-state index in [1.54, 1.807) is 24.6 Å². The van der Waals surface area contributed by atoms with Crippen molar-refractivity contribution in [1.82, 2.24) is 9.88 Å². The van der Waals surface area contributed by atoms with Gasteiger partial charge in [0.2, 0.25) is 5.91 Å². The smallest absolute Gasteiger partial charge is 0.238 e. The summed E-state index contributed by atoms with van der Waals surface area (Å²) in [6.45, 7) is 0.813. The molecular weight excluding hydrogens is 266 g/mol. The number of nitrogens with one attached hydrogen (secondary N) is 1. The number of hydrogen-bond acceptors (Lipinski definition) is 4. The molecule has 2 aromatic heterocycles. The van der Waals surface area contributed by atoms with E-state index in [1.165, 1.54) is 0 Å². The third-order valence-corrected chi connectivity index (χ3v) is 2.75. The Kier molecular flexibility index (Phi) is 4.54. The molecule has 0 saturated heterocycles. The maximum absolute atomic E-state index is 11.8. The second-order valence-corrected chi connectivity index (χ2v) is 4.50. The van der Waals surface area contributed by atoms with Gasteiger partial charge in [0.15, 0.2) is 5.15 Å². The predicted molar refractivity (Wildman–Crippen MR) is 72.9 cm³/mol. The SMILES string of the molecule is CN(CC(=O)Nc1cccnc1Cl)Cc1ccco1. The highest BCUT2D eigenvalue weighted by Crippen LogP contribution is 2.17. The summed E-state index contributed by atoms with van der Waals surface area (Å²) in [5.74, 6) is 0.665. The zero-order valence-corrected chi connectivity index (χ0v) is 11.2. The van der Waals surface area contributed by atoms with Gasteiger partial charge in [-0.1, -0.05) is 11.6 Å². The fraction of sp³-hybridized carbons (Fsp3) is 0.231. The van der Waals surface area contributed by atoms with Crippen LogP contribution in [-0.2, 0) is 11.3 Å². The Hall–Kier alpha value is -1.85. The molecule has 0 aliphatic rings. The number of furan rings is 1. The van der Waals surface area contributed by atoms with Gasteiger partial charge >= 0.3 is 0 Å². The number of halogens is 1. The topological polar surface area (TPSA) is 58.4 Å². The summed E-state index contributed by atoms with van der Waals surface area (Å²) in [6.07, 6.45) is 3.18. The molecule has 19 heavy (non-hydrogen) atoms. The fourth-order valence-corrected chi connectivity index (χ4v) is 1.81. The molecule has 6 heteroatoms. The molecule has 2 heterocycles. The van der Waals surface area contributed by atoms with Gasteiger partial charge in [-0.05, 0) is 31.3 Å². The summed E-state index contributed by atoms with van der Waals surface area (Å²) in [5.41, 5.74) is 0.514. The number of pyridine rings is 1. The lowest BCUT2D eigenvalue weighted by Gasteiger charge is -2.14. The molecule has 1 amide bonds. The number of nitrogens with zero attached hydrogens (tertiary/aromatic N) is 2. The average Bonchev–Trinajstić information content (AvgIpc) is 2.84. The second-order valence-electron chi connectivity index (χ2n) is 4.14. The summed E-state index contributed by atoms with van der Waals surface area (Å²) >= 11 is 5.87. The van der Waals surface area contributed by atoms with Crippen molar-refractivity contribution in [3.63, 3.8) is 0 Å². The molecule has 2 rings (SSSR count). The first-order valence-electron chi connectivity index (χ1n) is 5.76. The van der Waals surface area contributed by atoms with Crippen LogP contribution in [0.5, 0.6) is 0 Å². The highest BCUT2D eigenvalue weighted by molar-refractivity contribution is 6.32. The first-order chi connectivity index (χ1) is 9.15. The number of anilines is 1. The van der Waals surface area contributed by atoms with E-state index in [0.717, 1.165) is 5.76 Å². The Morgan fingerprint density at radius 3 is 3.00 bits per heavy atom. The molecule has 0 bridgehead atoms. The van der Waals surface area contributed by atoms with Crippen molar-refractivity contribution in [1.29, 1.82) is 0 Å². The summed E-state index contributed by atoms with van der Waals surface area (Å²) < 4.78 is 5.22. The Bertz CT molecular complexity index is 543. The van der Waals surface area contributed by atoms with Crippen LogP contribution in [0.15, 0.2) is 41.1 Å². The molecular formula is C13H14ClN3O2. The van der Waals surface area contributed by atoms with E-state index in [4.69, 9.17) is 16.0 Å². The highest BCUT2D eigenvalue weighted by atomic mass is 35.5. The predicted octanol–water partition coefficient (Wildman–Crippen LogP) is 2.40. The maximum Gasteiger partial charge on any atom is 0.238 e. The molecule has 5 nitrogen and oxygen atoms in total. The monoisotopic (exact) mass is 279 g/mol. The van der Waals surface area contributed by atoms with Gasteiger partial charge in [-0.15, -0.1) is 0 Å². The van der Waals surface area contributed by atoms with E-state index in [0.29, 0.717) is 12.2 Å². The van der Waals surface area contributed by atoms with Crippen molar-refractivity contribution >= 4 is 23.2 Å². The molecule has 1 N–H and O–H groups in total. The Balaban J connectivity index is 1.86. The van der Waals surface area contributed by atoms with Crippen molar-refractivity contribution in [2.75, 3.05) is 18.9 Å². The van der Waals surface area contributed by atoms with Crippen molar-refractivity contribution in [2.24, 2.45) is 0 Å². The minimum absolute atomic E-state index is 0.149. The molecule has 0 atom stereocenters. The van der Waals surface area contributed by atoms with Gasteiger partial charge in [0.05, 0.1) is 25.0 Å². The van der Waals surface area contributed by atoms with E-state index >= 15 is 0 Å². The van der Waals surface area contributed by atoms with Gasteiger partial charge in [-0.2, -0.15) is 0 Å². The lowest BCUT2D eigenvalue weighted by atomic mass is 10.4. The molecule has 0 radical (unpaired) electrons. The molecule has 0 aromatic carbocycles. The lowest BCUT2D eigenvalue weighted by molar-refractivity contribution is -0.117. The number of likely N-dealkylation sites (N-methyl/N-ethyl adjacent to an activating group) is 1. The van der Waals surface area contributed by atoms with Crippen LogP contribution in [0, 0.1) is 0 Å². The molecule has 0 aliphatic carbocycles. The normalized spacial score (nSPS) is 10.7. The number of aromatic nitrogens is 1. The van der Waals surface area contributed by atoms with Crippen LogP contribution in [0.1, 0.15) is 5.76 Å². The van der Waals surface area contributed by atoms with E-state index in [9.17, 15) is 4.79 Å². The molecule has 0 fully saturated rings. The number of amides is 1. The van der Waals surface area contributed by atoms with Crippen molar-refractivity contribution < 1.29 is 9.21 Å². The van der Waals surface area contributed by atoms with Crippen LogP contribution < -0.4 is 5.32 Å². The minimum atomic E-state index is -0.149. The van der Waals surface area contributed by atoms with E-state index in [-0.39, 0.29) is 17.6 Å². The van der Waals surface area contributed by atoms with Gasteiger partial charge in [0, 0.05) is 6.20 Å². The molecule has 0 saturated carbocycles. The van der Waals surface area contributed by atoms with Crippen LogP contribution in [0.25, 0.3) is 0 Å². The third-order valence-electron chi connectivity index (χ3n) is 2.45. The fourth-order valence-electron chi connectivity index (χ4n) is 1.64. The quantitative estimate of drug-likeness (QED) is 0.854.